The van der Waals surface area contributed by atoms with Crippen LogP contribution in [-0.2, 0) is 0 Å². The molecule has 1 atom stereocenters. The molecule has 0 aliphatic rings. The van der Waals surface area contributed by atoms with Crippen LogP contribution in [-0.4, -0.2) is 26.8 Å². The van der Waals surface area contributed by atoms with Crippen LogP contribution in [0.25, 0.3) is 0 Å². The highest BCUT2D eigenvalue weighted by Crippen LogP contribution is 2.16. The maximum absolute atomic E-state index is 5.46. The summed E-state index contributed by atoms with van der Waals surface area (Å²) in [6.07, 6.45) is 6.25. The third-order valence-corrected chi connectivity index (χ3v) is 2.45. The van der Waals surface area contributed by atoms with E-state index < -0.39 is 0 Å². The van der Waals surface area contributed by atoms with Gasteiger partial charge in [-0.15, -0.1) is 0 Å². The molecular formula is C12H17N5O. The molecule has 0 bridgehead atoms. The van der Waals surface area contributed by atoms with Gasteiger partial charge in [0.2, 0.25) is 11.8 Å². The lowest BCUT2D eigenvalue weighted by molar-refractivity contribution is 0.305. The molecule has 2 aromatic heterocycles. The molecule has 2 rings (SSSR count). The van der Waals surface area contributed by atoms with Crippen molar-refractivity contribution < 1.29 is 4.74 Å². The van der Waals surface area contributed by atoms with E-state index in [4.69, 9.17) is 4.74 Å². The smallest absolute Gasteiger partial charge is 0.226 e. The van der Waals surface area contributed by atoms with E-state index in [0.717, 1.165) is 12.0 Å². The molecule has 6 heteroatoms. The number of ether oxygens (including phenoxy) is 1. The number of hydrogen-bond acceptors (Lipinski definition) is 5. The zero-order valence-electron chi connectivity index (χ0n) is 10.6. The van der Waals surface area contributed by atoms with E-state index in [-0.39, 0.29) is 6.04 Å². The van der Waals surface area contributed by atoms with Gasteiger partial charge in [0.05, 0.1) is 18.8 Å². The van der Waals surface area contributed by atoms with Crippen LogP contribution >= 0.6 is 0 Å². The fourth-order valence-corrected chi connectivity index (χ4v) is 1.47. The van der Waals surface area contributed by atoms with Gasteiger partial charge in [-0.2, -0.15) is 10.1 Å². The normalized spacial score (nSPS) is 12.1. The molecule has 0 saturated carbocycles. The number of nitrogens with zero attached hydrogens (tertiary/aromatic N) is 3. The van der Waals surface area contributed by atoms with E-state index in [2.05, 4.69) is 32.4 Å². The van der Waals surface area contributed by atoms with Crippen molar-refractivity contribution in [3.63, 3.8) is 0 Å². The summed E-state index contributed by atoms with van der Waals surface area (Å²) < 4.78 is 5.46. The van der Waals surface area contributed by atoms with E-state index in [9.17, 15) is 0 Å². The Labute approximate surface area is 106 Å². The van der Waals surface area contributed by atoms with Gasteiger partial charge < -0.3 is 10.1 Å². The standard InChI is InChI=1S/C12H17N5O/c1-3-6-18-11-4-5-13-12(17-11)16-9(2)10-7-14-15-8-10/h4-5,7-9H,3,6H2,1-2H3,(H,14,15)(H,13,16,17). The summed E-state index contributed by atoms with van der Waals surface area (Å²) in [5, 5.41) is 9.89. The minimum Gasteiger partial charge on any atom is -0.478 e. The van der Waals surface area contributed by atoms with Gasteiger partial charge in [-0.1, -0.05) is 6.92 Å². The van der Waals surface area contributed by atoms with Crippen LogP contribution in [0.15, 0.2) is 24.7 Å². The first-order valence-corrected chi connectivity index (χ1v) is 6.00. The first-order chi connectivity index (χ1) is 8.79. The summed E-state index contributed by atoms with van der Waals surface area (Å²) in [7, 11) is 0. The maximum atomic E-state index is 5.46. The Bertz CT molecular complexity index is 471. The minimum absolute atomic E-state index is 0.0881. The van der Waals surface area contributed by atoms with E-state index >= 15 is 0 Å². The van der Waals surface area contributed by atoms with E-state index in [1.807, 2.05) is 13.1 Å². The van der Waals surface area contributed by atoms with Crippen molar-refractivity contribution in [1.29, 1.82) is 0 Å². The Balaban J connectivity index is 2.00. The van der Waals surface area contributed by atoms with Gasteiger partial charge in [-0.3, -0.25) is 5.10 Å². The SMILES string of the molecule is CCCOc1ccnc(NC(C)c2cn[nH]c2)n1. The monoisotopic (exact) mass is 247 g/mol. The molecule has 18 heavy (non-hydrogen) atoms. The van der Waals surface area contributed by atoms with Crippen molar-refractivity contribution in [2.45, 2.75) is 26.3 Å². The largest absolute Gasteiger partial charge is 0.478 e. The van der Waals surface area contributed by atoms with Gasteiger partial charge in [0.1, 0.15) is 0 Å². The number of hydrogen-bond donors (Lipinski definition) is 2. The Morgan fingerprint density at radius 2 is 2.39 bits per heavy atom. The molecule has 0 spiro atoms. The Kier molecular flexibility index (Phi) is 4.11. The zero-order valence-corrected chi connectivity index (χ0v) is 10.6. The quantitative estimate of drug-likeness (QED) is 0.818. The number of aromatic amines is 1. The molecule has 0 aliphatic carbocycles. The third-order valence-electron chi connectivity index (χ3n) is 2.45. The molecule has 0 saturated heterocycles. The second-order valence-corrected chi connectivity index (χ2v) is 3.96. The summed E-state index contributed by atoms with van der Waals surface area (Å²) in [5.41, 5.74) is 1.05. The Morgan fingerprint density at radius 3 is 3.11 bits per heavy atom. The highest BCUT2D eigenvalue weighted by molar-refractivity contribution is 5.31. The lowest BCUT2D eigenvalue weighted by atomic mass is 10.2. The van der Waals surface area contributed by atoms with Gasteiger partial charge >= 0.3 is 0 Å². The van der Waals surface area contributed by atoms with Crippen LogP contribution in [0.1, 0.15) is 31.9 Å². The highest BCUT2D eigenvalue weighted by atomic mass is 16.5. The summed E-state index contributed by atoms with van der Waals surface area (Å²) in [5.74, 6) is 1.14. The van der Waals surface area contributed by atoms with Crippen molar-refractivity contribution in [1.82, 2.24) is 20.2 Å². The lowest BCUT2D eigenvalue weighted by Gasteiger charge is -2.12. The fraction of sp³-hybridized carbons (Fsp3) is 0.417. The molecule has 0 amide bonds. The second-order valence-electron chi connectivity index (χ2n) is 3.96. The summed E-state index contributed by atoms with van der Waals surface area (Å²) in [6, 6.07) is 1.84. The zero-order chi connectivity index (χ0) is 12.8. The molecular weight excluding hydrogens is 230 g/mol. The Hall–Kier alpha value is -2.11. The van der Waals surface area contributed by atoms with Crippen molar-refractivity contribution in [2.24, 2.45) is 0 Å². The second kappa shape index (κ2) is 6.00. The Morgan fingerprint density at radius 1 is 1.50 bits per heavy atom. The maximum Gasteiger partial charge on any atom is 0.226 e. The van der Waals surface area contributed by atoms with Crippen LogP contribution < -0.4 is 10.1 Å². The molecule has 1 unspecified atom stereocenters. The first-order valence-electron chi connectivity index (χ1n) is 6.00. The average Bonchev–Trinajstić information content (AvgIpc) is 2.91. The summed E-state index contributed by atoms with van der Waals surface area (Å²) >= 11 is 0. The minimum atomic E-state index is 0.0881. The van der Waals surface area contributed by atoms with Crippen LogP contribution in [0, 0.1) is 0 Å². The number of H-pyrrole nitrogens is 1. The van der Waals surface area contributed by atoms with Crippen LogP contribution in [0.3, 0.4) is 0 Å². The van der Waals surface area contributed by atoms with Gasteiger partial charge in [-0.25, -0.2) is 4.98 Å². The van der Waals surface area contributed by atoms with Gasteiger partial charge in [0, 0.05) is 24.0 Å². The van der Waals surface area contributed by atoms with Gasteiger partial charge in [0.15, 0.2) is 0 Å². The molecule has 6 nitrogen and oxygen atoms in total. The molecule has 0 fully saturated rings. The van der Waals surface area contributed by atoms with Crippen LogP contribution in [0.2, 0.25) is 0 Å². The van der Waals surface area contributed by atoms with E-state index in [1.54, 1.807) is 18.5 Å². The van der Waals surface area contributed by atoms with E-state index in [1.165, 1.54) is 0 Å². The number of rotatable bonds is 6. The molecule has 2 aromatic rings. The lowest BCUT2D eigenvalue weighted by Crippen LogP contribution is -2.09. The highest BCUT2D eigenvalue weighted by Gasteiger charge is 2.08. The molecule has 2 heterocycles. The van der Waals surface area contributed by atoms with Crippen molar-refractivity contribution in [3.05, 3.63) is 30.2 Å². The topological polar surface area (TPSA) is 75.7 Å². The van der Waals surface area contributed by atoms with Gasteiger partial charge in [-0.05, 0) is 13.3 Å². The molecule has 0 radical (unpaired) electrons. The fourth-order valence-electron chi connectivity index (χ4n) is 1.47. The predicted octanol–water partition coefficient (Wildman–Crippen LogP) is 2.16. The summed E-state index contributed by atoms with van der Waals surface area (Å²) in [6.45, 7) is 4.74. The molecule has 0 aromatic carbocycles. The molecule has 96 valence electrons. The predicted molar refractivity (Wildman–Crippen MR) is 68.4 cm³/mol. The average molecular weight is 247 g/mol. The van der Waals surface area contributed by atoms with Crippen molar-refractivity contribution >= 4 is 5.95 Å². The van der Waals surface area contributed by atoms with Crippen LogP contribution in [0.4, 0.5) is 5.95 Å². The van der Waals surface area contributed by atoms with Gasteiger partial charge in [0.25, 0.3) is 0 Å². The number of nitrogens with one attached hydrogen (secondary N) is 2. The van der Waals surface area contributed by atoms with Crippen molar-refractivity contribution in [2.75, 3.05) is 11.9 Å². The first kappa shape index (κ1) is 12.3. The summed E-state index contributed by atoms with van der Waals surface area (Å²) in [4.78, 5) is 8.45. The van der Waals surface area contributed by atoms with E-state index in [0.29, 0.717) is 18.4 Å². The number of anilines is 1. The third kappa shape index (κ3) is 3.19. The number of aromatic nitrogens is 4. The molecule has 0 aliphatic heterocycles. The van der Waals surface area contributed by atoms with Crippen LogP contribution in [0.5, 0.6) is 5.88 Å². The van der Waals surface area contributed by atoms with Crippen molar-refractivity contribution in [3.8, 4) is 5.88 Å². The molecule has 2 N–H and O–H groups in total.